The Morgan fingerprint density at radius 3 is 2.44 bits per heavy atom. The summed E-state index contributed by atoms with van der Waals surface area (Å²) in [5, 5.41) is 6.62. The van der Waals surface area contributed by atoms with Crippen molar-refractivity contribution in [3.05, 3.63) is 54.1 Å². The Kier molecular flexibility index (Phi) is 4.13. The molecule has 0 spiro atoms. The summed E-state index contributed by atoms with van der Waals surface area (Å²) in [4.78, 5) is 3.70. The van der Waals surface area contributed by atoms with Crippen molar-refractivity contribution in [2.45, 2.75) is 42.9 Å². The molecule has 1 heterocycles. The van der Waals surface area contributed by atoms with Gasteiger partial charge in [0.25, 0.3) is 0 Å². The minimum atomic E-state index is -3.72. The summed E-state index contributed by atoms with van der Waals surface area (Å²) in [6.07, 6.45) is 5.57. The van der Waals surface area contributed by atoms with Gasteiger partial charge in [0.05, 0.1) is 4.90 Å². The number of aromatic amines is 1. The van der Waals surface area contributed by atoms with Gasteiger partial charge in [0.15, 0.2) is 0 Å². The monoisotopic (exact) mass is 354 g/mol. The van der Waals surface area contributed by atoms with Crippen LogP contribution in [0.15, 0.2) is 53.4 Å². The number of benzene rings is 2. The van der Waals surface area contributed by atoms with Gasteiger partial charge in [-0.25, -0.2) is 13.6 Å². The predicted octanol–water partition coefficient (Wildman–Crippen LogP) is 4.53. The molecule has 5 heteroatoms. The number of nitrogens with one attached hydrogen (secondary N) is 1. The Morgan fingerprint density at radius 1 is 0.960 bits per heavy atom. The molecule has 0 unspecified atom stereocenters. The molecule has 0 atom stereocenters. The second-order valence-electron chi connectivity index (χ2n) is 6.90. The molecule has 1 fully saturated rings. The first-order valence-electron chi connectivity index (χ1n) is 8.77. The van der Waals surface area contributed by atoms with E-state index in [1.807, 2.05) is 30.3 Å². The average molecular weight is 354 g/mol. The lowest BCUT2D eigenvalue weighted by Crippen LogP contribution is -2.17. The minimum Gasteiger partial charge on any atom is -0.355 e. The zero-order valence-electron chi connectivity index (χ0n) is 14.0. The highest BCUT2D eigenvalue weighted by molar-refractivity contribution is 7.89. The number of hydrogen-bond donors (Lipinski definition) is 2. The number of sulfonamides is 1. The SMILES string of the molecule is NS(=O)(=O)c1ccc(-c2cc3ccccc3[nH]2)cc1C1CCCCC1. The van der Waals surface area contributed by atoms with E-state index in [2.05, 4.69) is 17.1 Å². The zero-order valence-corrected chi connectivity index (χ0v) is 14.9. The Bertz CT molecular complexity index is 982. The van der Waals surface area contributed by atoms with Crippen LogP contribution in [0.2, 0.25) is 0 Å². The van der Waals surface area contributed by atoms with Crippen molar-refractivity contribution < 1.29 is 8.42 Å². The number of fused-ring (bicyclic) bond motifs is 1. The number of nitrogens with two attached hydrogens (primary N) is 1. The normalized spacial score (nSPS) is 16.4. The second kappa shape index (κ2) is 6.32. The van der Waals surface area contributed by atoms with Crippen LogP contribution in [0.1, 0.15) is 43.6 Å². The first-order chi connectivity index (χ1) is 12.0. The van der Waals surface area contributed by atoms with Gasteiger partial charge in [-0.2, -0.15) is 0 Å². The first-order valence-corrected chi connectivity index (χ1v) is 10.3. The van der Waals surface area contributed by atoms with Gasteiger partial charge in [-0.15, -0.1) is 0 Å². The molecule has 0 radical (unpaired) electrons. The predicted molar refractivity (Wildman–Crippen MR) is 101 cm³/mol. The van der Waals surface area contributed by atoms with Gasteiger partial charge >= 0.3 is 0 Å². The molecule has 25 heavy (non-hydrogen) atoms. The van der Waals surface area contributed by atoms with Gasteiger partial charge < -0.3 is 4.98 Å². The largest absolute Gasteiger partial charge is 0.355 e. The van der Waals surface area contributed by atoms with E-state index in [1.54, 1.807) is 6.07 Å². The molecule has 0 bridgehead atoms. The number of H-pyrrole nitrogens is 1. The van der Waals surface area contributed by atoms with Gasteiger partial charge in [0, 0.05) is 16.6 Å². The third-order valence-electron chi connectivity index (χ3n) is 5.20. The Balaban J connectivity index is 1.84. The first kappa shape index (κ1) is 16.4. The van der Waals surface area contributed by atoms with Crippen LogP contribution in [0, 0.1) is 0 Å². The molecule has 3 N–H and O–H groups in total. The van der Waals surface area contributed by atoms with Gasteiger partial charge in [-0.1, -0.05) is 43.5 Å². The summed E-state index contributed by atoms with van der Waals surface area (Å²) >= 11 is 0. The van der Waals surface area contributed by atoms with Crippen LogP contribution >= 0.6 is 0 Å². The number of hydrogen-bond acceptors (Lipinski definition) is 2. The molecular weight excluding hydrogens is 332 g/mol. The quantitative estimate of drug-likeness (QED) is 0.725. The zero-order chi connectivity index (χ0) is 17.4. The molecule has 4 nitrogen and oxygen atoms in total. The minimum absolute atomic E-state index is 0.270. The molecule has 0 saturated heterocycles. The van der Waals surface area contributed by atoms with Gasteiger partial charge in [0.1, 0.15) is 0 Å². The van der Waals surface area contributed by atoms with Crippen LogP contribution in [0.5, 0.6) is 0 Å². The fraction of sp³-hybridized carbons (Fsp3) is 0.300. The van der Waals surface area contributed by atoms with Crippen molar-refractivity contribution in [1.29, 1.82) is 0 Å². The molecule has 0 amide bonds. The fourth-order valence-corrected chi connectivity index (χ4v) is 4.75. The summed E-state index contributed by atoms with van der Waals surface area (Å²) in [5.74, 6) is 0.270. The number of aromatic nitrogens is 1. The molecule has 2 aromatic carbocycles. The average Bonchev–Trinajstić information content (AvgIpc) is 3.05. The standard InChI is InChI=1S/C20H22N2O2S/c21-25(23,24)20-11-10-16(12-17(20)14-6-2-1-3-7-14)19-13-15-8-4-5-9-18(15)22-19/h4-5,8-14,22H,1-3,6-7H2,(H2,21,23,24). The van der Waals surface area contributed by atoms with E-state index in [0.29, 0.717) is 0 Å². The van der Waals surface area contributed by atoms with Crippen LogP contribution in [-0.2, 0) is 10.0 Å². The Morgan fingerprint density at radius 2 is 1.72 bits per heavy atom. The molecule has 0 aliphatic heterocycles. The maximum atomic E-state index is 12.1. The molecular formula is C20H22N2O2S. The van der Waals surface area contributed by atoms with Crippen molar-refractivity contribution >= 4 is 20.9 Å². The Labute approximate surface area is 148 Å². The van der Waals surface area contributed by atoms with Gasteiger partial charge in [0.2, 0.25) is 10.0 Å². The summed E-state index contributed by atoms with van der Waals surface area (Å²) in [5.41, 5.74) is 3.95. The summed E-state index contributed by atoms with van der Waals surface area (Å²) in [6.45, 7) is 0. The summed E-state index contributed by atoms with van der Waals surface area (Å²) < 4.78 is 24.1. The highest BCUT2D eigenvalue weighted by Crippen LogP contribution is 2.38. The van der Waals surface area contributed by atoms with E-state index in [0.717, 1.165) is 53.4 Å². The summed E-state index contributed by atoms with van der Waals surface area (Å²) in [7, 11) is -3.72. The topological polar surface area (TPSA) is 76.0 Å². The van der Waals surface area contributed by atoms with Crippen LogP contribution in [0.25, 0.3) is 22.2 Å². The third-order valence-corrected chi connectivity index (χ3v) is 6.19. The molecule has 130 valence electrons. The van der Waals surface area contributed by atoms with Crippen molar-refractivity contribution in [2.75, 3.05) is 0 Å². The van der Waals surface area contributed by atoms with E-state index in [9.17, 15) is 8.42 Å². The third kappa shape index (κ3) is 3.22. The van der Waals surface area contributed by atoms with Crippen LogP contribution < -0.4 is 5.14 Å². The summed E-state index contributed by atoms with van der Waals surface area (Å²) in [6, 6.07) is 15.7. The second-order valence-corrected chi connectivity index (χ2v) is 8.43. The molecule has 1 aliphatic carbocycles. The van der Waals surface area contributed by atoms with E-state index >= 15 is 0 Å². The smallest absolute Gasteiger partial charge is 0.238 e. The van der Waals surface area contributed by atoms with Crippen molar-refractivity contribution in [3.8, 4) is 11.3 Å². The molecule has 1 aliphatic rings. The Hall–Kier alpha value is -2.11. The molecule has 3 aromatic rings. The van der Waals surface area contributed by atoms with E-state index < -0.39 is 10.0 Å². The maximum absolute atomic E-state index is 12.1. The van der Waals surface area contributed by atoms with E-state index in [-0.39, 0.29) is 10.8 Å². The number of primary sulfonamides is 1. The van der Waals surface area contributed by atoms with Crippen LogP contribution in [0.4, 0.5) is 0 Å². The van der Waals surface area contributed by atoms with Crippen molar-refractivity contribution in [2.24, 2.45) is 5.14 Å². The lowest BCUT2D eigenvalue weighted by molar-refractivity contribution is 0.438. The van der Waals surface area contributed by atoms with Crippen molar-refractivity contribution in [3.63, 3.8) is 0 Å². The van der Waals surface area contributed by atoms with Crippen LogP contribution in [-0.4, -0.2) is 13.4 Å². The lowest BCUT2D eigenvalue weighted by Gasteiger charge is -2.24. The fourth-order valence-electron chi connectivity index (χ4n) is 3.94. The molecule has 1 saturated carbocycles. The highest BCUT2D eigenvalue weighted by atomic mass is 32.2. The lowest BCUT2D eigenvalue weighted by atomic mass is 9.83. The highest BCUT2D eigenvalue weighted by Gasteiger charge is 2.23. The van der Waals surface area contributed by atoms with Gasteiger partial charge in [-0.3, -0.25) is 0 Å². The van der Waals surface area contributed by atoms with Gasteiger partial charge in [-0.05, 0) is 54.2 Å². The maximum Gasteiger partial charge on any atom is 0.238 e. The number of rotatable bonds is 3. The molecule has 4 rings (SSSR count). The molecule has 1 aromatic heterocycles. The van der Waals surface area contributed by atoms with E-state index in [4.69, 9.17) is 5.14 Å². The van der Waals surface area contributed by atoms with Crippen molar-refractivity contribution in [1.82, 2.24) is 4.98 Å². The van der Waals surface area contributed by atoms with Crippen LogP contribution in [0.3, 0.4) is 0 Å². The number of para-hydroxylation sites is 1. The van der Waals surface area contributed by atoms with E-state index in [1.165, 1.54) is 6.42 Å².